The van der Waals surface area contributed by atoms with Crippen molar-refractivity contribution in [1.82, 2.24) is 0 Å². The molecular formula is C19H17F3N2O6S. The second-order valence-corrected chi connectivity index (χ2v) is 7.51. The molecule has 0 saturated carbocycles. The minimum absolute atomic E-state index is 0.00819. The zero-order valence-corrected chi connectivity index (χ0v) is 17.1. The molecule has 0 heterocycles. The van der Waals surface area contributed by atoms with Crippen molar-refractivity contribution < 1.29 is 40.0 Å². The molecule has 0 bridgehead atoms. The van der Waals surface area contributed by atoms with Crippen LogP contribution in [-0.4, -0.2) is 26.5 Å². The van der Waals surface area contributed by atoms with E-state index in [1.165, 1.54) is 30.3 Å². The van der Waals surface area contributed by atoms with Gasteiger partial charge in [0.25, 0.3) is 0 Å². The van der Waals surface area contributed by atoms with E-state index in [2.05, 4.69) is 9.50 Å². The van der Waals surface area contributed by atoms with Gasteiger partial charge in [-0.25, -0.2) is 0 Å². The number of esters is 1. The molecular weight excluding hydrogens is 441 g/mol. The van der Waals surface area contributed by atoms with Crippen LogP contribution in [0.15, 0.2) is 42.5 Å². The molecule has 31 heavy (non-hydrogen) atoms. The van der Waals surface area contributed by atoms with Crippen molar-refractivity contribution in [3.8, 4) is 17.6 Å². The molecule has 0 spiro atoms. The first-order chi connectivity index (χ1) is 14.4. The first-order valence-corrected chi connectivity index (χ1v) is 10.1. The summed E-state index contributed by atoms with van der Waals surface area (Å²) in [4.78, 5) is 11.6. The Morgan fingerprint density at radius 1 is 1.16 bits per heavy atom. The first-order valence-electron chi connectivity index (χ1n) is 8.67. The summed E-state index contributed by atoms with van der Waals surface area (Å²) in [7, 11) is -5.93. The lowest BCUT2D eigenvalue weighted by molar-refractivity contribution is -0.145. The van der Waals surface area contributed by atoms with Gasteiger partial charge in [-0.05, 0) is 43.3 Å². The quantitative estimate of drug-likeness (QED) is 0.275. The molecule has 1 atom stereocenters. The van der Waals surface area contributed by atoms with Gasteiger partial charge >= 0.3 is 21.6 Å². The van der Waals surface area contributed by atoms with Gasteiger partial charge in [-0.2, -0.15) is 26.9 Å². The molecule has 1 unspecified atom stereocenters. The average Bonchev–Trinajstić information content (AvgIpc) is 2.66. The predicted molar refractivity (Wildman–Crippen MR) is 103 cm³/mol. The standard InChI is InChI=1S/C19H17F3N2O6S/c1-3-28-16-8-14(9-17(10-16)30-31(26,27)19(20,21)22)18(29-12(2)25)24-15-6-4-13(11-23)5-7-15/h4-10,18,24H,3H2,1-2H3. The summed E-state index contributed by atoms with van der Waals surface area (Å²) in [6.45, 7) is 2.85. The maximum absolute atomic E-state index is 12.7. The number of ether oxygens (including phenoxy) is 2. The lowest BCUT2D eigenvalue weighted by atomic mass is 10.1. The summed E-state index contributed by atoms with van der Waals surface area (Å²) in [5, 5.41) is 11.7. The van der Waals surface area contributed by atoms with Crippen LogP contribution >= 0.6 is 0 Å². The van der Waals surface area contributed by atoms with Gasteiger partial charge in [0.15, 0.2) is 6.23 Å². The highest BCUT2D eigenvalue weighted by Crippen LogP contribution is 2.33. The van der Waals surface area contributed by atoms with Crippen molar-refractivity contribution in [3.05, 3.63) is 53.6 Å². The molecule has 2 rings (SSSR count). The molecule has 2 aromatic carbocycles. The second kappa shape index (κ2) is 9.57. The predicted octanol–water partition coefficient (Wildman–Crippen LogP) is 3.86. The van der Waals surface area contributed by atoms with E-state index in [4.69, 9.17) is 14.7 Å². The van der Waals surface area contributed by atoms with Gasteiger partial charge in [-0.15, -0.1) is 0 Å². The minimum atomic E-state index is -5.93. The van der Waals surface area contributed by atoms with Gasteiger partial charge < -0.3 is 19.0 Å². The smallest absolute Gasteiger partial charge is 0.494 e. The number of rotatable bonds is 8. The third-order valence-electron chi connectivity index (χ3n) is 3.60. The van der Waals surface area contributed by atoms with E-state index in [1.807, 2.05) is 6.07 Å². The molecule has 1 N–H and O–H groups in total. The Bertz CT molecular complexity index is 1080. The number of nitrogens with one attached hydrogen (secondary N) is 1. The molecule has 2 aromatic rings. The van der Waals surface area contributed by atoms with Gasteiger partial charge in [0.05, 0.1) is 18.2 Å². The monoisotopic (exact) mass is 458 g/mol. The number of benzene rings is 2. The fourth-order valence-corrected chi connectivity index (χ4v) is 2.80. The van der Waals surface area contributed by atoms with Crippen molar-refractivity contribution in [3.63, 3.8) is 0 Å². The van der Waals surface area contributed by atoms with E-state index in [0.29, 0.717) is 11.3 Å². The van der Waals surface area contributed by atoms with Crippen LogP contribution in [0.5, 0.6) is 11.5 Å². The Labute approximate surface area is 176 Å². The molecule has 0 aromatic heterocycles. The maximum Gasteiger partial charge on any atom is 0.534 e. The van der Waals surface area contributed by atoms with E-state index in [1.54, 1.807) is 6.92 Å². The summed E-state index contributed by atoms with van der Waals surface area (Å²) in [5.41, 5.74) is -4.79. The van der Waals surface area contributed by atoms with E-state index >= 15 is 0 Å². The Hall–Kier alpha value is -3.46. The summed E-state index contributed by atoms with van der Waals surface area (Å²) < 4.78 is 75.5. The third kappa shape index (κ3) is 6.51. The molecule has 0 fully saturated rings. The number of nitriles is 1. The highest BCUT2D eigenvalue weighted by atomic mass is 32.2. The minimum Gasteiger partial charge on any atom is -0.494 e. The summed E-state index contributed by atoms with van der Waals surface area (Å²) in [5.74, 6) is -1.42. The number of nitrogens with zero attached hydrogens (tertiary/aromatic N) is 1. The van der Waals surface area contributed by atoms with Crippen molar-refractivity contribution in [2.45, 2.75) is 25.6 Å². The third-order valence-corrected chi connectivity index (χ3v) is 4.58. The van der Waals surface area contributed by atoms with Crippen LogP contribution in [0.25, 0.3) is 0 Å². The van der Waals surface area contributed by atoms with Gasteiger partial charge in [0.1, 0.15) is 11.5 Å². The number of hydrogen-bond donors (Lipinski definition) is 1. The molecule has 12 heteroatoms. The SMILES string of the molecule is CCOc1cc(OS(=O)(=O)C(F)(F)F)cc(C(Nc2ccc(C#N)cc2)OC(C)=O)c1. The van der Waals surface area contributed by atoms with E-state index in [9.17, 15) is 26.4 Å². The van der Waals surface area contributed by atoms with Crippen LogP contribution in [0.4, 0.5) is 18.9 Å². The van der Waals surface area contributed by atoms with Gasteiger partial charge in [0, 0.05) is 24.2 Å². The summed E-state index contributed by atoms with van der Waals surface area (Å²) >= 11 is 0. The number of hydrogen-bond acceptors (Lipinski definition) is 8. The fraction of sp³-hybridized carbons (Fsp3) is 0.263. The lowest BCUT2D eigenvalue weighted by Gasteiger charge is -2.21. The van der Waals surface area contributed by atoms with E-state index in [-0.39, 0.29) is 17.9 Å². The number of halogens is 3. The summed E-state index contributed by atoms with van der Waals surface area (Å²) in [6.07, 6.45) is -1.23. The maximum atomic E-state index is 12.7. The molecule has 0 aliphatic rings. The number of anilines is 1. The van der Waals surface area contributed by atoms with Gasteiger partial charge in [0.2, 0.25) is 0 Å². The van der Waals surface area contributed by atoms with Crippen LogP contribution < -0.4 is 14.2 Å². The first kappa shape index (κ1) is 23.8. The number of alkyl halides is 3. The molecule has 166 valence electrons. The Morgan fingerprint density at radius 3 is 2.29 bits per heavy atom. The van der Waals surface area contributed by atoms with E-state index < -0.39 is 33.6 Å². The van der Waals surface area contributed by atoms with Crippen LogP contribution in [0.1, 0.15) is 31.2 Å². The van der Waals surface area contributed by atoms with Gasteiger partial charge in [-0.3, -0.25) is 4.79 Å². The molecule has 0 aliphatic carbocycles. The highest BCUT2D eigenvalue weighted by molar-refractivity contribution is 7.88. The topological polar surface area (TPSA) is 115 Å². The van der Waals surface area contributed by atoms with Crippen molar-refractivity contribution >= 4 is 21.8 Å². The molecule has 0 aliphatic heterocycles. The fourth-order valence-electron chi connectivity index (χ4n) is 2.36. The zero-order chi connectivity index (χ0) is 23.2. The highest BCUT2D eigenvalue weighted by Gasteiger charge is 2.48. The molecule has 0 radical (unpaired) electrons. The van der Waals surface area contributed by atoms with Crippen molar-refractivity contribution in [1.29, 1.82) is 5.26 Å². The normalized spacial score (nSPS) is 12.4. The summed E-state index contributed by atoms with van der Waals surface area (Å²) in [6, 6.07) is 11.2. The molecule has 0 saturated heterocycles. The number of carbonyl (C=O) groups is 1. The average molecular weight is 458 g/mol. The Kier molecular flexibility index (Phi) is 7.35. The molecule has 8 nitrogen and oxygen atoms in total. The molecule has 0 amide bonds. The van der Waals surface area contributed by atoms with Crippen molar-refractivity contribution in [2.75, 3.05) is 11.9 Å². The Balaban J connectivity index is 2.46. The van der Waals surface area contributed by atoms with Crippen molar-refractivity contribution in [2.24, 2.45) is 0 Å². The largest absolute Gasteiger partial charge is 0.534 e. The van der Waals surface area contributed by atoms with Crippen LogP contribution in [0, 0.1) is 11.3 Å². The van der Waals surface area contributed by atoms with Crippen LogP contribution in [0.3, 0.4) is 0 Å². The Morgan fingerprint density at radius 2 is 1.77 bits per heavy atom. The van der Waals surface area contributed by atoms with E-state index in [0.717, 1.165) is 19.1 Å². The number of carbonyl (C=O) groups excluding carboxylic acids is 1. The second-order valence-electron chi connectivity index (χ2n) is 5.98. The zero-order valence-electron chi connectivity index (χ0n) is 16.3. The van der Waals surface area contributed by atoms with Gasteiger partial charge in [-0.1, -0.05) is 0 Å². The lowest BCUT2D eigenvalue weighted by Crippen LogP contribution is -2.28. The van der Waals surface area contributed by atoms with Crippen LogP contribution in [-0.2, 0) is 19.6 Å². The van der Waals surface area contributed by atoms with Crippen LogP contribution in [0.2, 0.25) is 0 Å².